The Hall–Kier alpha value is -2.90. The SMILES string of the molecule is C=C1c2ccccc2C2(OC)c3ccccc3C(=C)c3cccc1c32. The fourth-order valence-corrected chi connectivity index (χ4v) is 4.57. The summed E-state index contributed by atoms with van der Waals surface area (Å²) in [5, 5.41) is 0. The summed E-state index contributed by atoms with van der Waals surface area (Å²) in [5.41, 5.74) is 9.55. The van der Waals surface area contributed by atoms with Crippen LogP contribution in [0.2, 0.25) is 0 Å². The minimum atomic E-state index is -0.624. The van der Waals surface area contributed by atoms with Crippen molar-refractivity contribution in [3.63, 3.8) is 0 Å². The van der Waals surface area contributed by atoms with Crippen LogP contribution in [0.5, 0.6) is 0 Å². The van der Waals surface area contributed by atoms with Crippen molar-refractivity contribution in [3.8, 4) is 0 Å². The van der Waals surface area contributed by atoms with Crippen LogP contribution in [0.15, 0.2) is 79.9 Å². The van der Waals surface area contributed by atoms with E-state index in [4.69, 9.17) is 4.74 Å². The highest BCUT2D eigenvalue weighted by atomic mass is 16.5. The smallest absolute Gasteiger partial charge is 0.145 e. The lowest BCUT2D eigenvalue weighted by Gasteiger charge is -2.46. The van der Waals surface area contributed by atoms with Gasteiger partial charge in [0.1, 0.15) is 5.60 Å². The van der Waals surface area contributed by atoms with Crippen molar-refractivity contribution in [1.29, 1.82) is 0 Å². The van der Waals surface area contributed by atoms with Crippen molar-refractivity contribution in [3.05, 3.63) is 119 Å². The summed E-state index contributed by atoms with van der Waals surface area (Å²) < 4.78 is 6.35. The molecule has 0 saturated heterocycles. The summed E-state index contributed by atoms with van der Waals surface area (Å²) >= 11 is 0. The van der Waals surface area contributed by atoms with Crippen molar-refractivity contribution >= 4 is 11.1 Å². The second-order valence-corrected chi connectivity index (χ2v) is 6.66. The number of hydrogen-bond donors (Lipinski definition) is 0. The molecule has 0 radical (unpaired) electrons. The summed E-state index contributed by atoms with van der Waals surface area (Å²) in [6, 6.07) is 23.3. The predicted molar refractivity (Wildman–Crippen MR) is 102 cm³/mol. The molecule has 5 rings (SSSR count). The summed E-state index contributed by atoms with van der Waals surface area (Å²) in [6.45, 7) is 8.78. The van der Waals surface area contributed by atoms with Crippen molar-refractivity contribution in [2.24, 2.45) is 0 Å². The van der Waals surface area contributed by atoms with Gasteiger partial charge in [-0.05, 0) is 33.4 Å². The molecule has 3 aromatic rings. The van der Waals surface area contributed by atoms with Gasteiger partial charge in [-0.2, -0.15) is 0 Å². The Morgan fingerprint density at radius 2 is 1.08 bits per heavy atom. The standard InChI is InChI=1S/C24H18O/c1-15-17-9-4-6-13-21(17)24(25-3)22-14-7-5-10-18(22)16(2)20-12-8-11-19(15)23(20)24/h4-14H,1-2H2,3H3. The molecule has 0 bridgehead atoms. The maximum atomic E-state index is 6.35. The molecule has 2 aliphatic rings. The highest BCUT2D eigenvalue weighted by Gasteiger charge is 2.48. The van der Waals surface area contributed by atoms with E-state index >= 15 is 0 Å². The first-order valence-electron chi connectivity index (χ1n) is 8.47. The fourth-order valence-electron chi connectivity index (χ4n) is 4.57. The minimum Gasteiger partial charge on any atom is -0.364 e. The van der Waals surface area contributed by atoms with E-state index in [0.717, 1.165) is 44.5 Å². The Labute approximate surface area is 147 Å². The van der Waals surface area contributed by atoms with Crippen LogP contribution in [0.1, 0.15) is 38.9 Å². The van der Waals surface area contributed by atoms with Crippen LogP contribution in [0.4, 0.5) is 0 Å². The molecule has 0 saturated carbocycles. The number of methoxy groups -OCH3 is 1. The molecule has 120 valence electrons. The van der Waals surface area contributed by atoms with Crippen LogP contribution in [0.25, 0.3) is 11.1 Å². The molecule has 1 nitrogen and oxygen atoms in total. The topological polar surface area (TPSA) is 9.23 Å². The van der Waals surface area contributed by atoms with Crippen molar-refractivity contribution in [2.45, 2.75) is 5.60 Å². The van der Waals surface area contributed by atoms with Gasteiger partial charge in [-0.1, -0.05) is 79.9 Å². The van der Waals surface area contributed by atoms with E-state index < -0.39 is 5.60 Å². The lowest BCUT2D eigenvalue weighted by atomic mass is 9.63. The lowest BCUT2D eigenvalue weighted by molar-refractivity contribution is 0.0556. The number of ether oxygens (including phenoxy) is 1. The second-order valence-electron chi connectivity index (χ2n) is 6.66. The highest BCUT2D eigenvalue weighted by molar-refractivity contribution is 5.95. The summed E-state index contributed by atoms with van der Waals surface area (Å²) in [7, 11) is 1.80. The van der Waals surface area contributed by atoms with E-state index in [2.05, 4.69) is 79.9 Å². The maximum absolute atomic E-state index is 6.35. The zero-order chi connectivity index (χ0) is 17.2. The number of hydrogen-bond acceptors (Lipinski definition) is 1. The highest BCUT2D eigenvalue weighted by Crippen LogP contribution is 2.56. The molecule has 0 amide bonds. The maximum Gasteiger partial charge on any atom is 0.145 e. The number of fused-ring (bicyclic) bond motifs is 4. The first-order chi connectivity index (χ1) is 12.2. The molecule has 0 spiro atoms. The van der Waals surface area contributed by atoms with Gasteiger partial charge in [-0.3, -0.25) is 0 Å². The van der Waals surface area contributed by atoms with Gasteiger partial charge in [0.15, 0.2) is 0 Å². The number of benzene rings is 3. The zero-order valence-electron chi connectivity index (χ0n) is 14.2. The Kier molecular flexibility index (Phi) is 2.78. The third-order valence-corrected chi connectivity index (χ3v) is 5.64. The molecule has 2 aliphatic carbocycles. The van der Waals surface area contributed by atoms with Gasteiger partial charge in [0.2, 0.25) is 0 Å². The summed E-state index contributed by atoms with van der Waals surface area (Å²) in [6.07, 6.45) is 0. The van der Waals surface area contributed by atoms with Gasteiger partial charge in [0.25, 0.3) is 0 Å². The molecule has 0 aliphatic heterocycles. The zero-order valence-corrected chi connectivity index (χ0v) is 14.2. The van der Waals surface area contributed by atoms with Gasteiger partial charge in [-0.15, -0.1) is 0 Å². The molecule has 3 aromatic carbocycles. The molecule has 0 unspecified atom stereocenters. The molecular weight excluding hydrogens is 304 g/mol. The van der Waals surface area contributed by atoms with Gasteiger partial charge in [0, 0.05) is 23.8 Å². The third kappa shape index (κ3) is 1.57. The molecule has 0 fully saturated rings. The van der Waals surface area contributed by atoms with Crippen LogP contribution in [-0.2, 0) is 10.3 Å². The average molecular weight is 322 g/mol. The Morgan fingerprint density at radius 1 is 0.640 bits per heavy atom. The summed E-state index contributed by atoms with van der Waals surface area (Å²) in [5.74, 6) is 0. The monoisotopic (exact) mass is 322 g/mol. The Morgan fingerprint density at radius 3 is 1.56 bits per heavy atom. The van der Waals surface area contributed by atoms with E-state index in [1.165, 1.54) is 5.56 Å². The van der Waals surface area contributed by atoms with Crippen LogP contribution < -0.4 is 0 Å². The molecule has 0 atom stereocenters. The number of rotatable bonds is 1. The van der Waals surface area contributed by atoms with E-state index in [1.54, 1.807) is 7.11 Å². The van der Waals surface area contributed by atoms with Crippen molar-refractivity contribution in [1.82, 2.24) is 0 Å². The first-order valence-corrected chi connectivity index (χ1v) is 8.47. The molecule has 0 heterocycles. The van der Waals surface area contributed by atoms with Crippen LogP contribution >= 0.6 is 0 Å². The largest absolute Gasteiger partial charge is 0.364 e. The predicted octanol–water partition coefficient (Wildman–Crippen LogP) is 5.37. The van der Waals surface area contributed by atoms with Crippen molar-refractivity contribution in [2.75, 3.05) is 7.11 Å². The first kappa shape index (κ1) is 14.4. The normalized spacial score (nSPS) is 16.0. The van der Waals surface area contributed by atoms with E-state index in [9.17, 15) is 0 Å². The summed E-state index contributed by atoms with van der Waals surface area (Å²) in [4.78, 5) is 0. The van der Waals surface area contributed by atoms with Gasteiger partial charge in [0.05, 0.1) is 0 Å². The van der Waals surface area contributed by atoms with E-state index in [1.807, 2.05) is 0 Å². The quantitative estimate of drug-likeness (QED) is 0.585. The van der Waals surface area contributed by atoms with Crippen molar-refractivity contribution < 1.29 is 4.74 Å². The van der Waals surface area contributed by atoms with Crippen LogP contribution in [-0.4, -0.2) is 7.11 Å². The van der Waals surface area contributed by atoms with Gasteiger partial charge >= 0.3 is 0 Å². The molecule has 0 aromatic heterocycles. The van der Waals surface area contributed by atoms with Crippen LogP contribution in [0.3, 0.4) is 0 Å². The van der Waals surface area contributed by atoms with Gasteiger partial charge in [-0.25, -0.2) is 0 Å². The molecular formula is C24H18O. The minimum absolute atomic E-state index is 0.624. The Balaban J connectivity index is 2.04. The Bertz CT molecular complexity index is 993. The molecule has 0 N–H and O–H groups in total. The van der Waals surface area contributed by atoms with E-state index in [-0.39, 0.29) is 0 Å². The second kappa shape index (κ2) is 4.81. The fraction of sp³-hybridized carbons (Fsp3) is 0.0833. The molecule has 25 heavy (non-hydrogen) atoms. The average Bonchev–Trinajstić information content (AvgIpc) is 2.68. The lowest BCUT2D eigenvalue weighted by Crippen LogP contribution is -2.40. The van der Waals surface area contributed by atoms with Crippen LogP contribution in [0, 0.1) is 0 Å². The van der Waals surface area contributed by atoms with Gasteiger partial charge < -0.3 is 4.74 Å². The van der Waals surface area contributed by atoms with E-state index in [0.29, 0.717) is 0 Å². The molecule has 1 heteroatoms. The third-order valence-electron chi connectivity index (χ3n) is 5.64.